The maximum atomic E-state index is 4.56. The Kier molecular flexibility index (Phi) is 6.76. The zero-order chi connectivity index (χ0) is 18.4. The summed E-state index contributed by atoms with van der Waals surface area (Å²) in [6, 6.07) is 4.36. The van der Waals surface area contributed by atoms with Crippen molar-refractivity contribution in [1.82, 2.24) is 20.6 Å². The molecule has 8 heteroatoms. The van der Waals surface area contributed by atoms with Crippen molar-refractivity contribution < 1.29 is 0 Å². The molecule has 0 saturated carbocycles. The van der Waals surface area contributed by atoms with E-state index in [9.17, 15) is 0 Å². The van der Waals surface area contributed by atoms with Crippen molar-refractivity contribution in [2.75, 3.05) is 20.1 Å². The number of nitrogens with zero attached hydrogens (tertiary/aromatic N) is 3. The largest absolute Gasteiger partial charge is 0.356 e. The van der Waals surface area contributed by atoms with Crippen molar-refractivity contribution in [2.45, 2.75) is 26.7 Å². The summed E-state index contributed by atoms with van der Waals surface area (Å²) in [5.74, 6) is 0.838. The van der Waals surface area contributed by atoms with Crippen molar-refractivity contribution in [3.8, 4) is 10.6 Å². The number of thiophene rings is 1. The average Bonchev–Trinajstić information content (AvgIpc) is 3.35. The van der Waals surface area contributed by atoms with Crippen LogP contribution < -0.4 is 10.6 Å². The Labute approximate surface area is 166 Å². The first-order chi connectivity index (χ1) is 12.6. The molecule has 0 bridgehead atoms. The van der Waals surface area contributed by atoms with Gasteiger partial charge < -0.3 is 10.6 Å². The second-order valence-corrected chi connectivity index (χ2v) is 9.36. The molecule has 0 spiro atoms. The number of hydrogen-bond donors (Lipinski definition) is 2. The van der Waals surface area contributed by atoms with Crippen LogP contribution in [0.4, 0.5) is 0 Å². The van der Waals surface area contributed by atoms with Crippen LogP contribution >= 0.6 is 34.0 Å². The van der Waals surface area contributed by atoms with Gasteiger partial charge in [0.2, 0.25) is 0 Å². The predicted octanol–water partition coefficient (Wildman–Crippen LogP) is 3.90. The van der Waals surface area contributed by atoms with E-state index in [4.69, 9.17) is 0 Å². The van der Waals surface area contributed by atoms with Crippen molar-refractivity contribution in [2.24, 2.45) is 4.99 Å². The molecule has 0 fully saturated rings. The minimum absolute atomic E-state index is 0.832. The van der Waals surface area contributed by atoms with Gasteiger partial charge in [-0.1, -0.05) is 0 Å². The SMILES string of the molecule is CN=C(NCCc1ccc(-c2csc(C)n2)s1)NCCc1ncc(C)s1. The summed E-state index contributed by atoms with van der Waals surface area (Å²) in [6.45, 7) is 5.81. The van der Waals surface area contributed by atoms with Crippen LogP contribution in [0.5, 0.6) is 0 Å². The molecule has 26 heavy (non-hydrogen) atoms. The number of aliphatic imine (C=N–C) groups is 1. The van der Waals surface area contributed by atoms with Gasteiger partial charge in [0.1, 0.15) is 0 Å². The van der Waals surface area contributed by atoms with Crippen LogP contribution in [0, 0.1) is 13.8 Å². The van der Waals surface area contributed by atoms with Gasteiger partial charge in [0, 0.05) is 47.9 Å². The molecule has 0 aliphatic rings. The van der Waals surface area contributed by atoms with E-state index in [1.807, 2.05) is 24.5 Å². The fourth-order valence-electron chi connectivity index (χ4n) is 2.46. The lowest BCUT2D eigenvalue weighted by Gasteiger charge is -2.10. The van der Waals surface area contributed by atoms with Crippen LogP contribution in [0.25, 0.3) is 10.6 Å². The molecule has 0 radical (unpaired) electrons. The number of rotatable bonds is 7. The molecular weight excluding hydrogens is 382 g/mol. The minimum atomic E-state index is 0.832. The number of guanidine groups is 1. The van der Waals surface area contributed by atoms with Crippen molar-refractivity contribution in [3.63, 3.8) is 0 Å². The van der Waals surface area contributed by atoms with Crippen molar-refractivity contribution in [1.29, 1.82) is 0 Å². The highest BCUT2D eigenvalue weighted by Crippen LogP contribution is 2.29. The van der Waals surface area contributed by atoms with Gasteiger partial charge in [-0.05, 0) is 32.4 Å². The lowest BCUT2D eigenvalue weighted by atomic mass is 10.3. The van der Waals surface area contributed by atoms with E-state index >= 15 is 0 Å². The molecule has 0 aliphatic heterocycles. The number of hydrogen-bond acceptors (Lipinski definition) is 6. The summed E-state index contributed by atoms with van der Waals surface area (Å²) >= 11 is 5.26. The van der Waals surface area contributed by atoms with Gasteiger partial charge in [-0.15, -0.1) is 34.0 Å². The molecule has 0 unspecified atom stereocenters. The smallest absolute Gasteiger partial charge is 0.191 e. The van der Waals surface area contributed by atoms with E-state index in [0.29, 0.717) is 0 Å². The first-order valence-corrected chi connectivity index (χ1v) is 11.0. The standard InChI is InChI=1S/C18H23N5S3/c1-12-10-22-17(25-12)7-9-21-18(19-3)20-8-6-14-4-5-16(26-14)15-11-24-13(2)23-15/h4-5,10-11H,6-9H2,1-3H3,(H2,19,20,21). The fraction of sp³-hybridized carbons (Fsp3) is 0.389. The summed E-state index contributed by atoms with van der Waals surface area (Å²) < 4.78 is 0. The van der Waals surface area contributed by atoms with Crippen LogP contribution in [-0.2, 0) is 12.8 Å². The molecule has 0 atom stereocenters. The molecule has 0 aliphatic carbocycles. The van der Waals surface area contributed by atoms with Gasteiger partial charge in [0.15, 0.2) is 5.96 Å². The van der Waals surface area contributed by atoms with Crippen LogP contribution in [0.2, 0.25) is 0 Å². The highest BCUT2D eigenvalue weighted by molar-refractivity contribution is 7.16. The fourth-order valence-corrected chi connectivity index (χ4v) is 4.90. The Bertz CT molecular complexity index is 862. The van der Waals surface area contributed by atoms with E-state index in [1.54, 1.807) is 29.7 Å². The Morgan fingerprint density at radius 2 is 1.92 bits per heavy atom. The third kappa shape index (κ3) is 5.36. The van der Waals surface area contributed by atoms with E-state index < -0.39 is 0 Å². The Morgan fingerprint density at radius 1 is 1.12 bits per heavy atom. The molecule has 3 aromatic heterocycles. The van der Waals surface area contributed by atoms with E-state index in [0.717, 1.165) is 47.6 Å². The molecular formula is C18H23N5S3. The van der Waals surface area contributed by atoms with Crippen LogP contribution in [-0.4, -0.2) is 36.1 Å². The monoisotopic (exact) mass is 405 g/mol. The molecule has 3 rings (SSSR count). The van der Waals surface area contributed by atoms with Crippen LogP contribution in [0.3, 0.4) is 0 Å². The van der Waals surface area contributed by atoms with Gasteiger partial charge in [0.25, 0.3) is 0 Å². The molecule has 0 amide bonds. The summed E-state index contributed by atoms with van der Waals surface area (Å²) in [6.07, 6.45) is 3.82. The molecule has 2 N–H and O–H groups in total. The summed E-state index contributed by atoms with van der Waals surface area (Å²) in [5, 5.41) is 11.1. The quantitative estimate of drug-likeness (QED) is 0.462. The Balaban J connectivity index is 1.41. The summed E-state index contributed by atoms with van der Waals surface area (Å²) in [5.41, 5.74) is 1.09. The van der Waals surface area contributed by atoms with Crippen molar-refractivity contribution >= 4 is 40.0 Å². The maximum Gasteiger partial charge on any atom is 0.191 e. The molecule has 138 valence electrons. The first-order valence-electron chi connectivity index (χ1n) is 8.51. The van der Waals surface area contributed by atoms with E-state index in [2.05, 4.69) is 50.0 Å². The lowest BCUT2D eigenvalue weighted by molar-refractivity contribution is 0.785. The molecule has 3 aromatic rings. The van der Waals surface area contributed by atoms with Gasteiger partial charge in [-0.3, -0.25) is 4.99 Å². The van der Waals surface area contributed by atoms with Crippen molar-refractivity contribution in [3.05, 3.63) is 43.5 Å². The number of nitrogens with one attached hydrogen (secondary N) is 2. The van der Waals surface area contributed by atoms with E-state index in [-0.39, 0.29) is 0 Å². The number of aromatic nitrogens is 2. The van der Waals surface area contributed by atoms with Gasteiger partial charge in [-0.2, -0.15) is 0 Å². The molecule has 0 aromatic carbocycles. The Hall–Kier alpha value is -1.77. The zero-order valence-corrected chi connectivity index (χ0v) is 17.7. The molecule has 0 saturated heterocycles. The molecule has 3 heterocycles. The lowest BCUT2D eigenvalue weighted by Crippen LogP contribution is -2.39. The van der Waals surface area contributed by atoms with Crippen LogP contribution in [0.15, 0.2) is 28.7 Å². The topological polar surface area (TPSA) is 62.2 Å². The van der Waals surface area contributed by atoms with Crippen LogP contribution in [0.1, 0.15) is 19.8 Å². The maximum absolute atomic E-state index is 4.56. The third-order valence-electron chi connectivity index (χ3n) is 3.72. The highest BCUT2D eigenvalue weighted by Gasteiger charge is 2.06. The van der Waals surface area contributed by atoms with Gasteiger partial charge >= 0.3 is 0 Å². The predicted molar refractivity (Wildman–Crippen MR) is 114 cm³/mol. The minimum Gasteiger partial charge on any atom is -0.356 e. The highest BCUT2D eigenvalue weighted by atomic mass is 32.1. The first kappa shape index (κ1) is 19.0. The Morgan fingerprint density at radius 3 is 2.58 bits per heavy atom. The summed E-state index contributed by atoms with van der Waals surface area (Å²) in [7, 11) is 1.80. The normalized spacial score (nSPS) is 11.7. The van der Waals surface area contributed by atoms with Gasteiger partial charge in [0.05, 0.1) is 20.6 Å². The number of aryl methyl sites for hydroxylation is 2. The second kappa shape index (κ2) is 9.25. The molecule has 5 nitrogen and oxygen atoms in total. The zero-order valence-electron chi connectivity index (χ0n) is 15.2. The van der Waals surface area contributed by atoms with Gasteiger partial charge in [-0.25, -0.2) is 9.97 Å². The number of thiazole rings is 2. The average molecular weight is 406 g/mol. The second-order valence-electron chi connectivity index (χ2n) is 5.81. The van der Waals surface area contributed by atoms with E-state index in [1.165, 1.54) is 14.6 Å². The summed E-state index contributed by atoms with van der Waals surface area (Å²) in [4.78, 5) is 17.1. The third-order valence-corrected chi connectivity index (χ3v) is 6.63.